The lowest BCUT2D eigenvalue weighted by Crippen LogP contribution is -2.02. The van der Waals surface area contributed by atoms with E-state index in [1.165, 1.54) is 6.20 Å². The zero-order valence-electron chi connectivity index (χ0n) is 10.1. The molecule has 1 aromatic carbocycles. The Hall–Kier alpha value is -3.09. The Balaban J connectivity index is 2.10. The van der Waals surface area contributed by atoms with Crippen LogP contribution >= 0.6 is 0 Å². The Morgan fingerprint density at radius 2 is 2.00 bits per heavy atom. The second-order valence-electron chi connectivity index (χ2n) is 4.25. The first kappa shape index (κ1) is 10.8. The summed E-state index contributed by atoms with van der Waals surface area (Å²) in [6.45, 7) is 0. The van der Waals surface area contributed by atoms with E-state index < -0.39 is 0 Å². The molecule has 0 radical (unpaired) electrons. The van der Waals surface area contributed by atoms with Gasteiger partial charge in [-0.2, -0.15) is 5.21 Å². The van der Waals surface area contributed by atoms with Crippen LogP contribution in [0.1, 0.15) is 0 Å². The Bertz CT molecular complexity index is 975. The van der Waals surface area contributed by atoms with E-state index in [1.807, 2.05) is 0 Å². The molecular formula is C13H7N5O2. The number of hydrogen-bond acceptors (Lipinski definition) is 6. The number of benzene rings is 1. The summed E-state index contributed by atoms with van der Waals surface area (Å²) in [5.41, 5.74) is 1.60. The Morgan fingerprint density at radius 3 is 2.85 bits per heavy atom. The lowest BCUT2D eigenvalue weighted by Gasteiger charge is -2.01. The number of H-pyrrole nitrogens is 1. The monoisotopic (exact) mass is 265 g/mol. The molecule has 0 amide bonds. The molecule has 0 aliphatic heterocycles. The van der Waals surface area contributed by atoms with Crippen molar-refractivity contribution in [3.05, 3.63) is 46.9 Å². The standard InChI is InChI=1S/C13H7N5O2/c19-12-8-5-7(13-15-17-18-16-13)1-2-10(8)20-11-3-4-14-6-9(11)12/h1-6H,(H,15,16,17,18). The molecule has 0 fully saturated rings. The highest BCUT2D eigenvalue weighted by Gasteiger charge is 2.10. The number of hydrogen-bond donors (Lipinski definition) is 1. The molecular weight excluding hydrogens is 258 g/mol. The summed E-state index contributed by atoms with van der Waals surface area (Å²) in [4.78, 5) is 16.4. The second-order valence-corrected chi connectivity index (χ2v) is 4.25. The minimum Gasteiger partial charge on any atom is -0.456 e. The average molecular weight is 265 g/mol. The normalized spacial score (nSPS) is 11.2. The van der Waals surface area contributed by atoms with E-state index >= 15 is 0 Å². The summed E-state index contributed by atoms with van der Waals surface area (Å²) in [5, 5.41) is 14.6. The van der Waals surface area contributed by atoms with Crippen molar-refractivity contribution in [3.8, 4) is 11.4 Å². The number of aromatic amines is 1. The molecule has 0 aliphatic rings. The Labute approximate surface area is 111 Å². The number of rotatable bonds is 1. The van der Waals surface area contributed by atoms with Gasteiger partial charge in [0.2, 0.25) is 11.3 Å². The number of aromatic nitrogens is 5. The highest BCUT2D eigenvalue weighted by molar-refractivity contribution is 5.91. The molecule has 7 nitrogen and oxygen atoms in total. The van der Waals surface area contributed by atoms with Crippen molar-refractivity contribution in [2.75, 3.05) is 0 Å². The second kappa shape index (κ2) is 3.95. The molecule has 0 saturated heterocycles. The molecule has 0 spiro atoms. The molecule has 1 N–H and O–H groups in total. The van der Waals surface area contributed by atoms with E-state index in [4.69, 9.17) is 4.42 Å². The first-order valence-electron chi connectivity index (χ1n) is 5.87. The van der Waals surface area contributed by atoms with E-state index in [-0.39, 0.29) is 5.43 Å². The molecule has 3 aromatic heterocycles. The average Bonchev–Trinajstić information content (AvgIpc) is 3.02. The van der Waals surface area contributed by atoms with Crippen LogP contribution in [0.2, 0.25) is 0 Å². The molecule has 3 heterocycles. The zero-order chi connectivity index (χ0) is 13.5. The van der Waals surface area contributed by atoms with Gasteiger partial charge in [-0.15, -0.1) is 10.2 Å². The van der Waals surface area contributed by atoms with E-state index in [2.05, 4.69) is 25.6 Å². The summed E-state index contributed by atoms with van der Waals surface area (Å²) in [7, 11) is 0. The largest absolute Gasteiger partial charge is 0.456 e. The van der Waals surface area contributed by atoms with Crippen LogP contribution in [-0.4, -0.2) is 25.6 Å². The van der Waals surface area contributed by atoms with Crippen LogP contribution in [0, 0.1) is 0 Å². The maximum absolute atomic E-state index is 12.4. The minimum absolute atomic E-state index is 0.125. The van der Waals surface area contributed by atoms with Crippen LogP contribution < -0.4 is 5.43 Å². The van der Waals surface area contributed by atoms with Crippen molar-refractivity contribution >= 4 is 21.9 Å². The number of tetrazole rings is 1. The van der Waals surface area contributed by atoms with Gasteiger partial charge < -0.3 is 4.42 Å². The highest BCUT2D eigenvalue weighted by atomic mass is 16.3. The lowest BCUT2D eigenvalue weighted by molar-refractivity contribution is 0.659. The van der Waals surface area contributed by atoms with Gasteiger partial charge in [0.15, 0.2) is 0 Å². The number of nitrogens with one attached hydrogen (secondary N) is 1. The van der Waals surface area contributed by atoms with Crippen LogP contribution in [0.3, 0.4) is 0 Å². The molecule has 96 valence electrons. The molecule has 0 atom stereocenters. The van der Waals surface area contributed by atoms with Crippen molar-refractivity contribution in [1.29, 1.82) is 0 Å². The van der Waals surface area contributed by atoms with Crippen LogP contribution in [-0.2, 0) is 0 Å². The maximum atomic E-state index is 12.4. The molecule has 20 heavy (non-hydrogen) atoms. The SMILES string of the molecule is O=c1c2cnccc2oc2ccc(-c3nn[nH]n3)cc12. The third-order valence-corrected chi connectivity index (χ3v) is 3.07. The Kier molecular flexibility index (Phi) is 2.13. The molecule has 7 heteroatoms. The lowest BCUT2D eigenvalue weighted by atomic mass is 10.1. The van der Waals surface area contributed by atoms with Crippen LogP contribution in [0.15, 0.2) is 45.9 Å². The summed E-state index contributed by atoms with van der Waals surface area (Å²) in [5.74, 6) is 0.428. The molecule has 0 bridgehead atoms. The number of nitrogens with zero attached hydrogens (tertiary/aromatic N) is 4. The number of pyridine rings is 1. The fraction of sp³-hybridized carbons (Fsp3) is 0. The van der Waals surface area contributed by atoms with E-state index in [1.54, 1.807) is 30.5 Å². The van der Waals surface area contributed by atoms with Gasteiger partial charge in [-0.3, -0.25) is 9.78 Å². The third kappa shape index (κ3) is 1.50. The number of fused-ring (bicyclic) bond motifs is 2. The van der Waals surface area contributed by atoms with Gasteiger partial charge in [-0.25, -0.2) is 0 Å². The third-order valence-electron chi connectivity index (χ3n) is 3.07. The smallest absolute Gasteiger partial charge is 0.204 e. The van der Waals surface area contributed by atoms with Crippen molar-refractivity contribution in [2.24, 2.45) is 0 Å². The van der Waals surface area contributed by atoms with Gasteiger partial charge >= 0.3 is 0 Å². The van der Waals surface area contributed by atoms with E-state index in [9.17, 15) is 4.79 Å². The van der Waals surface area contributed by atoms with Gasteiger partial charge in [0.1, 0.15) is 11.2 Å². The molecule has 0 unspecified atom stereocenters. The van der Waals surface area contributed by atoms with E-state index in [0.29, 0.717) is 33.3 Å². The molecule has 4 aromatic rings. The first-order chi connectivity index (χ1) is 9.83. The van der Waals surface area contributed by atoms with Gasteiger partial charge in [-0.05, 0) is 29.5 Å². The Morgan fingerprint density at radius 1 is 1.10 bits per heavy atom. The molecule has 0 aliphatic carbocycles. The first-order valence-corrected chi connectivity index (χ1v) is 5.87. The van der Waals surface area contributed by atoms with Gasteiger partial charge in [-0.1, -0.05) is 0 Å². The molecule has 0 saturated carbocycles. The highest BCUT2D eigenvalue weighted by Crippen LogP contribution is 2.22. The predicted octanol–water partition coefficient (Wildman–Crippen LogP) is 1.52. The van der Waals surface area contributed by atoms with E-state index in [0.717, 1.165) is 0 Å². The van der Waals surface area contributed by atoms with Crippen molar-refractivity contribution < 1.29 is 4.42 Å². The topological polar surface area (TPSA) is 97.6 Å². The fourth-order valence-electron chi connectivity index (χ4n) is 2.12. The van der Waals surface area contributed by atoms with Crippen molar-refractivity contribution in [2.45, 2.75) is 0 Å². The maximum Gasteiger partial charge on any atom is 0.204 e. The fourth-order valence-corrected chi connectivity index (χ4v) is 2.12. The summed E-state index contributed by atoms with van der Waals surface area (Å²) in [6.07, 6.45) is 3.09. The van der Waals surface area contributed by atoms with Gasteiger partial charge in [0.05, 0.1) is 10.8 Å². The van der Waals surface area contributed by atoms with Crippen LogP contribution in [0.5, 0.6) is 0 Å². The minimum atomic E-state index is -0.125. The van der Waals surface area contributed by atoms with Crippen LogP contribution in [0.25, 0.3) is 33.3 Å². The summed E-state index contributed by atoms with van der Waals surface area (Å²) < 4.78 is 5.70. The molecule has 4 rings (SSSR count). The van der Waals surface area contributed by atoms with Crippen molar-refractivity contribution in [1.82, 2.24) is 25.6 Å². The van der Waals surface area contributed by atoms with Crippen molar-refractivity contribution in [3.63, 3.8) is 0 Å². The van der Waals surface area contributed by atoms with Crippen LogP contribution in [0.4, 0.5) is 0 Å². The van der Waals surface area contributed by atoms with Gasteiger partial charge in [0, 0.05) is 18.0 Å². The van der Waals surface area contributed by atoms with Gasteiger partial charge in [0.25, 0.3) is 0 Å². The summed E-state index contributed by atoms with van der Waals surface area (Å²) in [6, 6.07) is 6.87. The summed E-state index contributed by atoms with van der Waals surface area (Å²) >= 11 is 0. The zero-order valence-corrected chi connectivity index (χ0v) is 10.1. The predicted molar refractivity (Wildman–Crippen MR) is 71.0 cm³/mol. The quantitative estimate of drug-likeness (QED) is 0.524.